The minimum atomic E-state index is -1.34. The largest absolute Gasteiger partial charge is 0.478 e. The van der Waals surface area contributed by atoms with Crippen molar-refractivity contribution in [3.63, 3.8) is 0 Å². The van der Waals surface area contributed by atoms with E-state index in [4.69, 9.17) is 9.84 Å². The Morgan fingerprint density at radius 2 is 2.33 bits per heavy atom. The molecular formula is C12H10FNO3S. The Balaban J connectivity index is 2.01. The van der Waals surface area contributed by atoms with Crippen molar-refractivity contribution in [2.75, 3.05) is 6.61 Å². The molecule has 4 nitrogen and oxygen atoms in total. The molecule has 6 heteroatoms. The quantitative estimate of drug-likeness (QED) is 0.904. The number of carboxylic acids is 1. The molecule has 0 unspecified atom stereocenters. The van der Waals surface area contributed by atoms with Crippen molar-refractivity contribution in [3.05, 3.63) is 46.0 Å². The standard InChI is InChI=1S/C12H10FNO3S/c13-10-9(12(15)16)3-5-14-11(10)17-6-4-8-2-1-7-18-8/h1-3,5,7H,4,6H2,(H,15,16). The number of nitrogens with zero attached hydrogens (tertiary/aromatic N) is 1. The third kappa shape index (κ3) is 2.84. The van der Waals surface area contributed by atoms with E-state index in [-0.39, 0.29) is 12.5 Å². The molecule has 2 aromatic rings. The zero-order valence-corrected chi connectivity index (χ0v) is 10.1. The lowest BCUT2D eigenvalue weighted by molar-refractivity contribution is 0.0690. The number of pyridine rings is 1. The summed E-state index contributed by atoms with van der Waals surface area (Å²) < 4.78 is 18.8. The van der Waals surface area contributed by atoms with Crippen LogP contribution >= 0.6 is 11.3 Å². The van der Waals surface area contributed by atoms with E-state index in [2.05, 4.69) is 4.98 Å². The van der Waals surface area contributed by atoms with E-state index in [1.54, 1.807) is 11.3 Å². The number of carbonyl (C=O) groups is 1. The van der Waals surface area contributed by atoms with E-state index in [1.807, 2.05) is 17.5 Å². The van der Waals surface area contributed by atoms with Crippen LogP contribution in [0.25, 0.3) is 0 Å². The molecule has 0 aliphatic carbocycles. The lowest BCUT2D eigenvalue weighted by Crippen LogP contribution is -2.07. The Morgan fingerprint density at radius 1 is 1.50 bits per heavy atom. The van der Waals surface area contributed by atoms with Gasteiger partial charge in [0.25, 0.3) is 5.88 Å². The maximum Gasteiger partial charge on any atom is 0.338 e. The third-order valence-electron chi connectivity index (χ3n) is 2.25. The van der Waals surface area contributed by atoms with Crippen LogP contribution in [0.15, 0.2) is 29.8 Å². The second kappa shape index (κ2) is 5.59. The number of rotatable bonds is 5. The Labute approximate surface area is 107 Å². The fourth-order valence-electron chi connectivity index (χ4n) is 1.39. The van der Waals surface area contributed by atoms with Gasteiger partial charge in [-0.3, -0.25) is 0 Å². The molecule has 0 saturated heterocycles. The molecule has 2 rings (SSSR count). The van der Waals surface area contributed by atoms with Gasteiger partial charge in [0, 0.05) is 17.5 Å². The SMILES string of the molecule is O=C(O)c1ccnc(OCCc2cccs2)c1F. The highest BCUT2D eigenvalue weighted by Gasteiger charge is 2.15. The topological polar surface area (TPSA) is 59.4 Å². The normalized spacial score (nSPS) is 10.3. The summed E-state index contributed by atoms with van der Waals surface area (Å²) in [5.41, 5.74) is -0.434. The van der Waals surface area contributed by atoms with Crippen LogP contribution in [0.2, 0.25) is 0 Å². The van der Waals surface area contributed by atoms with Crippen molar-refractivity contribution in [2.45, 2.75) is 6.42 Å². The second-order valence-corrected chi connectivity index (χ2v) is 4.49. The molecule has 18 heavy (non-hydrogen) atoms. The van der Waals surface area contributed by atoms with E-state index >= 15 is 0 Å². The first-order chi connectivity index (χ1) is 8.68. The maximum absolute atomic E-state index is 13.6. The Morgan fingerprint density at radius 3 is 3.00 bits per heavy atom. The Kier molecular flexibility index (Phi) is 3.88. The maximum atomic E-state index is 13.6. The lowest BCUT2D eigenvalue weighted by Gasteiger charge is -2.06. The van der Waals surface area contributed by atoms with Gasteiger partial charge in [0.1, 0.15) is 5.56 Å². The Bertz CT molecular complexity index is 542. The summed E-state index contributed by atoms with van der Waals surface area (Å²) in [7, 11) is 0. The summed E-state index contributed by atoms with van der Waals surface area (Å²) in [5, 5.41) is 10.7. The third-order valence-corrected chi connectivity index (χ3v) is 3.19. The molecule has 2 heterocycles. The monoisotopic (exact) mass is 267 g/mol. The van der Waals surface area contributed by atoms with Crippen molar-refractivity contribution >= 4 is 17.3 Å². The summed E-state index contributed by atoms with van der Waals surface area (Å²) in [6.45, 7) is 0.257. The van der Waals surface area contributed by atoms with Crippen LogP contribution in [-0.4, -0.2) is 22.7 Å². The lowest BCUT2D eigenvalue weighted by atomic mass is 10.2. The molecule has 1 N–H and O–H groups in total. The molecule has 0 fully saturated rings. The van der Waals surface area contributed by atoms with Gasteiger partial charge in [-0.1, -0.05) is 6.07 Å². The highest BCUT2D eigenvalue weighted by Crippen LogP contribution is 2.18. The summed E-state index contributed by atoms with van der Waals surface area (Å²) in [5.74, 6) is -2.54. The van der Waals surface area contributed by atoms with Crippen LogP contribution in [-0.2, 0) is 6.42 Å². The molecule has 0 aliphatic rings. The van der Waals surface area contributed by atoms with Crippen molar-refractivity contribution in [1.82, 2.24) is 4.98 Å². The van der Waals surface area contributed by atoms with Gasteiger partial charge in [-0.05, 0) is 17.5 Å². The predicted octanol–water partition coefficient (Wildman–Crippen LogP) is 2.60. The average molecular weight is 267 g/mol. The van der Waals surface area contributed by atoms with Crippen LogP contribution < -0.4 is 4.74 Å². The van der Waals surface area contributed by atoms with E-state index in [0.717, 1.165) is 10.9 Å². The number of aromatic carboxylic acids is 1. The van der Waals surface area contributed by atoms with Gasteiger partial charge in [0.2, 0.25) is 0 Å². The Hall–Kier alpha value is -1.95. The van der Waals surface area contributed by atoms with Crippen LogP contribution in [0, 0.1) is 5.82 Å². The van der Waals surface area contributed by atoms with Gasteiger partial charge in [0.05, 0.1) is 6.61 Å². The molecule has 94 valence electrons. The van der Waals surface area contributed by atoms with Gasteiger partial charge in [-0.25, -0.2) is 14.2 Å². The van der Waals surface area contributed by atoms with E-state index in [9.17, 15) is 9.18 Å². The fourth-order valence-corrected chi connectivity index (χ4v) is 2.08. The van der Waals surface area contributed by atoms with Crippen molar-refractivity contribution in [1.29, 1.82) is 0 Å². The molecule has 2 aromatic heterocycles. The number of ether oxygens (including phenoxy) is 1. The minimum Gasteiger partial charge on any atom is -0.478 e. The molecule has 0 bridgehead atoms. The number of aromatic nitrogens is 1. The van der Waals surface area contributed by atoms with Gasteiger partial charge >= 0.3 is 5.97 Å². The zero-order valence-electron chi connectivity index (χ0n) is 9.30. The van der Waals surface area contributed by atoms with Crippen molar-refractivity contribution in [3.8, 4) is 5.88 Å². The van der Waals surface area contributed by atoms with E-state index < -0.39 is 17.3 Å². The molecule has 0 radical (unpaired) electrons. The van der Waals surface area contributed by atoms with Gasteiger partial charge in [-0.2, -0.15) is 0 Å². The van der Waals surface area contributed by atoms with Gasteiger partial charge in [-0.15, -0.1) is 11.3 Å². The predicted molar refractivity (Wildman–Crippen MR) is 64.7 cm³/mol. The summed E-state index contributed by atoms with van der Waals surface area (Å²) in [6, 6.07) is 4.97. The van der Waals surface area contributed by atoms with Crippen LogP contribution in [0.5, 0.6) is 5.88 Å². The minimum absolute atomic E-state index is 0.257. The second-order valence-electron chi connectivity index (χ2n) is 3.46. The van der Waals surface area contributed by atoms with Crippen LogP contribution in [0.3, 0.4) is 0 Å². The summed E-state index contributed by atoms with van der Waals surface area (Å²) in [6.07, 6.45) is 1.85. The summed E-state index contributed by atoms with van der Waals surface area (Å²) in [4.78, 5) is 15.5. The molecule has 0 aromatic carbocycles. The first-order valence-corrected chi connectivity index (χ1v) is 6.09. The molecule has 0 atom stereocenters. The smallest absolute Gasteiger partial charge is 0.338 e. The van der Waals surface area contributed by atoms with Gasteiger partial charge < -0.3 is 9.84 Å². The number of halogens is 1. The molecule has 0 saturated carbocycles. The number of thiophene rings is 1. The number of hydrogen-bond donors (Lipinski definition) is 1. The highest BCUT2D eigenvalue weighted by molar-refractivity contribution is 7.09. The van der Waals surface area contributed by atoms with Crippen LogP contribution in [0.4, 0.5) is 4.39 Å². The van der Waals surface area contributed by atoms with Crippen molar-refractivity contribution < 1.29 is 19.0 Å². The molecule has 0 aliphatic heterocycles. The number of carboxylic acid groups (broad SMARTS) is 1. The molecule has 0 amide bonds. The van der Waals surface area contributed by atoms with Gasteiger partial charge in [0.15, 0.2) is 5.82 Å². The first kappa shape index (κ1) is 12.5. The van der Waals surface area contributed by atoms with Crippen LogP contribution in [0.1, 0.15) is 15.2 Å². The molecular weight excluding hydrogens is 257 g/mol. The first-order valence-electron chi connectivity index (χ1n) is 5.21. The molecule has 0 spiro atoms. The highest BCUT2D eigenvalue weighted by atomic mass is 32.1. The zero-order chi connectivity index (χ0) is 13.0. The van der Waals surface area contributed by atoms with E-state index in [0.29, 0.717) is 6.42 Å². The average Bonchev–Trinajstić information content (AvgIpc) is 2.84. The van der Waals surface area contributed by atoms with E-state index in [1.165, 1.54) is 6.20 Å². The summed E-state index contributed by atoms with van der Waals surface area (Å²) >= 11 is 1.58. The fraction of sp³-hybridized carbons (Fsp3) is 0.167. The number of hydrogen-bond acceptors (Lipinski definition) is 4. The van der Waals surface area contributed by atoms with Crippen molar-refractivity contribution in [2.24, 2.45) is 0 Å².